The molecule has 5 aromatic heterocycles. The highest BCUT2D eigenvalue weighted by molar-refractivity contribution is 5.76. The fourth-order valence-corrected chi connectivity index (χ4v) is 11.5. The quantitative estimate of drug-likeness (QED) is 0.180. The van der Waals surface area contributed by atoms with E-state index in [0.29, 0.717) is 92.0 Å². The van der Waals surface area contributed by atoms with Gasteiger partial charge in [-0.1, -0.05) is 24.3 Å². The number of carbonyl (C=O) groups excluding carboxylic acids is 1. The van der Waals surface area contributed by atoms with Crippen LogP contribution in [0.4, 0.5) is 0 Å². The first kappa shape index (κ1) is 56.0. The lowest BCUT2D eigenvalue weighted by atomic mass is 10.0. The summed E-state index contributed by atoms with van der Waals surface area (Å²) in [6.07, 6.45) is 5.15. The van der Waals surface area contributed by atoms with Gasteiger partial charge in [-0.25, -0.2) is 0 Å². The third-order valence-corrected chi connectivity index (χ3v) is 15.5. The van der Waals surface area contributed by atoms with E-state index < -0.39 is 0 Å². The predicted octanol–water partition coefficient (Wildman–Crippen LogP) is 4.13. The minimum atomic E-state index is -0.0189. The zero-order valence-electron chi connectivity index (χ0n) is 46.2. The Kier molecular flexibility index (Phi) is 20.7. The highest BCUT2D eigenvalue weighted by Gasteiger charge is 2.36. The topological polar surface area (TPSA) is 156 Å². The molecule has 2 unspecified atom stereocenters. The van der Waals surface area contributed by atoms with E-state index in [1.807, 2.05) is 23.4 Å². The second-order valence-electron chi connectivity index (χ2n) is 21.4. The molecule has 0 aliphatic carbocycles. The molecule has 0 saturated carbocycles. The van der Waals surface area contributed by atoms with Crippen molar-refractivity contribution in [3.8, 4) is 11.1 Å². The molecule has 0 radical (unpaired) electrons. The van der Waals surface area contributed by atoms with Crippen LogP contribution in [0.2, 0.25) is 0 Å². The lowest BCUT2D eigenvalue weighted by molar-refractivity contribution is -0.131. The van der Waals surface area contributed by atoms with Gasteiger partial charge in [0.1, 0.15) is 12.3 Å². The third-order valence-electron chi connectivity index (χ3n) is 15.5. The van der Waals surface area contributed by atoms with Crippen molar-refractivity contribution < 1.29 is 23.7 Å². The summed E-state index contributed by atoms with van der Waals surface area (Å²) in [5.74, 6) is 0.254. The number of carbonyl (C=O) groups is 1. The Balaban J connectivity index is 0.877. The van der Waals surface area contributed by atoms with Crippen molar-refractivity contribution in [2.45, 2.75) is 64.4 Å². The summed E-state index contributed by atoms with van der Waals surface area (Å²) >= 11 is 0. The van der Waals surface area contributed by atoms with Gasteiger partial charge in [-0.15, -0.1) is 0 Å². The van der Waals surface area contributed by atoms with Gasteiger partial charge in [0.25, 0.3) is 0 Å². The van der Waals surface area contributed by atoms with Gasteiger partial charge in [0.2, 0.25) is 5.91 Å². The normalized spacial score (nSPS) is 21.8. The first-order valence-corrected chi connectivity index (χ1v) is 28.5. The maximum atomic E-state index is 13.2. The van der Waals surface area contributed by atoms with Crippen molar-refractivity contribution >= 4 is 5.91 Å². The third kappa shape index (κ3) is 15.8. The molecule has 10 rings (SSSR count). The number of amides is 1. The van der Waals surface area contributed by atoms with Crippen molar-refractivity contribution in [2.24, 2.45) is 0 Å². The van der Waals surface area contributed by atoms with E-state index in [-0.39, 0.29) is 18.2 Å². The molecule has 1 amide bonds. The van der Waals surface area contributed by atoms with Gasteiger partial charge >= 0.3 is 0 Å². The number of hydrogen-bond acceptors (Lipinski definition) is 18. The van der Waals surface area contributed by atoms with Gasteiger partial charge in [0.15, 0.2) is 0 Å². The van der Waals surface area contributed by atoms with E-state index >= 15 is 0 Å². The van der Waals surface area contributed by atoms with Crippen LogP contribution < -0.4 is 5.32 Å². The van der Waals surface area contributed by atoms with Crippen LogP contribution in [0.5, 0.6) is 0 Å². The SMILES string of the molecule is CN1CCOCCOCCN2CCN(Cc3cccc(CN(Cc4ccccn4)Cc4cc(-c5ccc6nc5CN(C)CCOCCOCCN5CCN(CCCC(=O)N7CCNCC7)C65)ccn4)n3)C2c2cccc(n2)C1. The standard InChI is InChI=1S/C59H82N14O5/c1-66-28-32-75-36-38-78-35-31-72-26-27-73(59(72)54-12-6-11-49(41-66)64-54)45-51-10-5-9-50(63-51)43-68(42-48-8-3-4-17-61-48)44-52-40-47(16-18-62-52)53-14-15-55-58-70(21-7-13-57(74)69-22-19-60-20-23-69)24-25-71(58)30-34-77-39-37-76-33-29-67(2)46-56(53)65-55/h3-6,8-12,14-18,40,58-60H,7,13,19-39,41-46H2,1-2H3. The number of piperazine rings is 1. The number of hydrogen-bond donors (Lipinski definition) is 1. The molecule has 19 nitrogen and oxygen atoms in total. The Morgan fingerprint density at radius 2 is 1.22 bits per heavy atom. The molecule has 19 heteroatoms. The maximum Gasteiger partial charge on any atom is 0.222 e. The first-order chi connectivity index (χ1) is 38.4. The van der Waals surface area contributed by atoms with Crippen LogP contribution in [0.25, 0.3) is 11.1 Å². The van der Waals surface area contributed by atoms with Gasteiger partial charge in [-0.2, -0.15) is 0 Å². The summed E-state index contributed by atoms with van der Waals surface area (Å²) in [6, 6.07) is 27.8. The number of nitrogens with one attached hydrogen (secondary N) is 1. The highest BCUT2D eigenvalue weighted by Crippen LogP contribution is 2.34. The minimum Gasteiger partial charge on any atom is -0.378 e. The van der Waals surface area contributed by atoms with Crippen LogP contribution in [0.1, 0.15) is 70.7 Å². The highest BCUT2D eigenvalue weighted by atomic mass is 16.5. The molecule has 1 N–H and O–H groups in total. The van der Waals surface area contributed by atoms with Crippen molar-refractivity contribution in [1.82, 2.24) is 69.4 Å². The van der Waals surface area contributed by atoms with E-state index in [0.717, 1.165) is 155 Å². The number of pyridine rings is 5. The van der Waals surface area contributed by atoms with Crippen molar-refractivity contribution in [2.75, 3.05) is 152 Å². The summed E-state index contributed by atoms with van der Waals surface area (Å²) in [4.78, 5) is 58.1. The van der Waals surface area contributed by atoms with Gasteiger partial charge in [0, 0.05) is 149 Å². The predicted molar refractivity (Wildman–Crippen MR) is 298 cm³/mol. The van der Waals surface area contributed by atoms with Crippen molar-refractivity contribution in [3.63, 3.8) is 0 Å². The monoisotopic (exact) mass is 1070 g/mol. The van der Waals surface area contributed by atoms with Crippen LogP contribution in [-0.2, 0) is 63.0 Å². The van der Waals surface area contributed by atoms with E-state index in [1.165, 1.54) is 0 Å². The van der Waals surface area contributed by atoms with Crippen LogP contribution in [0.15, 0.2) is 91.3 Å². The Morgan fingerprint density at radius 1 is 0.577 bits per heavy atom. The molecule has 3 saturated heterocycles. The van der Waals surface area contributed by atoms with Crippen LogP contribution in [-0.4, -0.2) is 222 Å². The molecule has 418 valence electrons. The van der Waals surface area contributed by atoms with Gasteiger partial charge in [-0.05, 0) is 80.7 Å². The molecule has 0 aromatic carbocycles. The van der Waals surface area contributed by atoms with Crippen LogP contribution >= 0.6 is 0 Å². The number of aromatic nitrogens is 5. The number of nitrogens with zero attached hydrogens (tertiary/aromatic N) is 13. The first-order valence-electron chi connectivity index (χ1n) is 28.5. The van der Waals surface area contributed by atoms with E-state index in [1.54, 1.807) is 0 Å². The Morgan fingerprint density at radius 3 is 1.97 bits per heavy atom. The van der Waals surface area contributed by atoms with Gasteiger partial charge in [-0.3, -0.25) is 64.0 Å². The molecule has 3 fully saturated rings. The van der Waals surface area contributed by atoms with Crippen molar-refractivity contribution in [3.05, 3.63) is 137 Å². The van der Waals surface area contributed by atoms with E-state index in [2.05, 4.69) is 127 Å². The Bertz CT molecular complexity index is 2650. The lowest BCUT2D eigenvalue weighted by Crippen LogP contribution is -2.46. The molecular formula is C59H82N14O5. The average molecular weight is 1070 g/mol. The minimum absolute atomic E-state index is 0.00772. The smallest absolute Gasteiger partial charge is 0.222 e. The largest absolute Gasteiger partial charge is 0.378 e. The number of rotatable bonds is 13. The summed E-state index contributed by atoms with van der Waals surface area (Å²) < 4.78 is 24.0. The molecule has 5 aliphatic rings. The van der Waals surface area contributed by atoms with E-state index in [4.69, 9.17) is 43.9 Å². The molecule has 4 bridgehead atoms. The fraction of sp³-hybridized carbons (Fsp3) is 0.559. The molecular weight excluding hydrogens is 985 g/mol. The van der Waals surface area contributed by atoms with Crippen molar-refractivity contribution in [1.29, 1.82) is 0 Å². The molecule has 0 spiro atoms. The molecule has 5 aliphatic heterocycles. The Hall–Kier alpha value is -5.26. The number of likely N-dealkylation sites (N-methyl/N-ethyl adjacent to an activating group) is 2. The fourth-order valence-electron chi connectivity index (χ4n) is 11.5. The summed E-state index contributed by atoms with van der Waals surface area (Å²) in [6.45, 7) is 19.8. The second kappa shape index (κ2) is 28.8. The summed E-state index contributed by atoms with van der Waals surface area (Å²) in [5, 5.41) is 3.36. The molecule has 78 heavy (non-hydrogen) atoms. The van der Waals surface area contributed by atoms with Gasteiger partial charge < -0.3 is 29.2 Å². The Labute approximate surface area is 461 Å². The molecule has 10 heterocycles. The van der Waals surface area contributed by atoms with E-state index in [9.17, 15) is 4.79 Å². The van der Waals surface area contributed by atoms with Gasteiger partial charge in [0.05, 0.1) is 98.4 Å². The molecule has 2 atom stereocenters. The van der Waals surface area contributed by atoms with Crippen LogP contribution in [0, 0.1) is 0 Å². The number of fused-ring (bicyclic) bond motifs is 8. The maximum absolute atomic E-state index is 13.2. The summed E-state index contributed by atoms with van der Waals surface area (Å²) in [5.41, 5.74) is 10.3. The summed E-state index contributed by atoms with van der Waals surface area (Å²) in [7, 11) is 4.26. The lowest BCUT2D eigenvalue weighted by Gasteiger charge is -2.31. The second-order valence-corrected chi connectivity index (χ2v) is 21.4. The average Bonchev–Trinajstić information content (AvgIpc) is 4.13. The molecule has 5 aromatic rings. The zero-order valence-corrected chi connectivity index (χ0v) is 46.2. The van der Waals surface area contributed by atoms with Crippen LogP contribution in [0.3, 0.4) is 0 Å². The zero-order chi connectivity index (χ0) is 53.3. The number of ether oxygens (including phenoxy) is 4.